The molecule has 0 saturated carbocycles. The maximum absolute atomic E-state index is 10.8. The van der Waals surface area contributed by atoms with Gasteiger partial charge in [0, 0.05) is 16.3 Å². The second-order valence-electron chi connectivity index (χ2n) is 3.57. The van der Waals surface area contributed by atoms with Crippen LogP contribution in [-0.4, -0.2) is 21.0 Å². The van der Waals surface area contributed by atoms with Crippen LogP contribution in [0.5, 0.6) is 0 Å². The van der Waals surface area contributed by atoms with Crippen LogP contribution in [0.25, 0.3) is 21.9 Å². The van der Waals surface area contributed by atoms with Gasteiger partial charge in [0.2, 0.25) is 0 Å². The molecule has 2 N–H and O–H groups in total. The van der Waals surface area contributed by atoms with Crippen molar-refractivity contribution in [1.82, 2.24) is 9.97 Å². The van der Waals surface area contributed by atoms with Crippen LogP contribution in [0.1, 0.15) is 10.5 Å². The molecule has 3 aromatic rings. The van der Waals surface area contributed by atoms with Crippen LogP contribution in [0.2, 0.25) is 0 Å². The Kier molecular flexibility index (Phi) is 1.71. The highest BCUT2D eigenvalue weighted by Crippen LogP contribution is 2.23. The van der Waals surface area contributed by atoms with Crippen molar-refractivity contribution < 1.29 is 9.90 Å². The second-order valence-corrected chi connectivity index (χ2v) is 3.57. The average molecular weight is 212 g/mol. The van der Waals surface area contributed by atoms with E-state index in [4.69, 9.17) is 5.11 Å². The highest BCUT2D eigenvalue weighted by molar-refractivity contribution is 6.06. The van der Waals surface area contributed by atoms with Gasteiger partial charge >= 0.3 is 5.97 Å². The highest BCUT2D eigenvalue weighted by atomic mass is 16.4. The summed E-state index contributed by atoms with van der Waals surface area (Å²) >= 11 is 0. The van der Waals surface area contributed by atoms with Crippen LogP contribution in [-0.2, 0) is 0 Å². The van der Waals surface area contributed by atoms with Crippen molar-refractivity contribution in [2.24, 2.45) is 0 Å². The molecule has 1 aromatic carbocycles. The van der Waals surface area contributed by atoms with E-state index in [1.807, 2.05) is 24.3 Å². The first-order valence-corrected chi connectivity index (χ1v) is 4.86. The molecular weight excluding hydrogens is 204 g/mol. The predicted molar refractivity (Wildman–Crippen MR) is 60.6 cm³/mol. The van der Waals surface area contributed by atoms with Crippen molar-refractivity contribution in [3.63, 3.8) is 0 Å². The summed E-state index contributed by atoms with van der Waals surface area (Å²) in [6, 6.07) is 11.1. The van der Waals surface area contributed by atoms with Crippen molar-refractivity contribution in [3.05, 3.63) is 42.1 Å². The molecule has 0 unspecified atom stereocenters. The lowest BCUT2D eigenvalue weighted by Gasteiger charge is -1.93. The van der Waals surface area contributed by atoms with Crippen molar-refractivity contribution in [1.29, 1.82) is 0 Å². The number of aromatic carboxylic acids is 1. The molecule has 16 heavy (non-hydrogen) atoms. The van der Waals surface area contributed by atoms with Gasteiger partial charge in [0.25, 0.3) is 0 Å². The van der Waals surface area contributed by atoms with E-state index in [0.717, 1.165) is 16.3 Å². The van der Waals surface area contributed by atoms with Crippen molar-refractivity contribution in [2.75, 3.05) is 0 Å². The third-order valence-electron chi connectivity index (χ3n) is 2.58. The molecular formula is C12H8N2O2. The maximum atomic E-state index is 10.8. The number of carboxylic acid groups (broad SMARTS) is 1. The molecule has 78 valence electrons. The average Bonchev–Trinajstić information content (AvgIpc) is 2.66. The molecule has 0 bridgehead atoms. The standard InChI is InChI=1S/C12H8N2O2/c15-12(16)10-6-5-8-7-3-1-2-4-9(7)13-11(8)14-10/h1-6H,(H,13,14)(H,15,16). The Morgan fingerprint density at radius 1 is 1.12 bits per heavy atom. The number of nitrogens with one attached hydrogen (secondary N) is 1. The van der Waals surface area contributed by atoms with Gasteiger partial charge < -0.3 is 10.1 Å². The van der Waals surface area contributed by atoms with Gasteiger partial charge in [-0.25, -0.2) is 9.78 Å². The monoisotopic (exact) mass is 212 g/mol. The van der Waals surface area contributed by atoms with Crippen LogP contribution < -0.4 is 0 Å². The van der Waals surface area contributed by atoms with Gasteiger partial charge in [0.1, 0.15) is 5.65 Å². The Morgan fingerprint density at radius 3 is 2.75 bits per heavy atom. The fourth-order valence-electron chi connectivity index (χ4n) is 1.85. The molecule has 0 aliphatic heterocycles. The molecule has 0 saturated heterocycles. The number of aromatic nitrogens is 2. The maximum Gasteiger partial charge on any atom is 0.354 e. The van der Waals surface area contributed by atoms with Gasteiger partial charge in [-0.15, -0.1) is 0 Å². The normalized spacial score (nSPS) is 11.0. The number of para-hydroxylation sites is 1. The Balaban J connectivity index is 2.41. The number of pyridine rings is 1. The summed E-state index contributed by atoms with van der Waals surface area (Å²) in [5.74, 6) is -1.01. The SMILES string of the molecule is O=C(O)c1ccc2c(n1)[nH]c1ccccc12. The number of carbonyl (C=O) groups is 1. The van der Waals surface area contributed by atoms with Crippen molar-refractivity contribution in [2.45, 2.75) is 0 Å². The molecule has 4 heteroatoms. The predicted octanol–water partition coefficient (Wildman–Crippen LogP) is 2.41. The third kappa shape index (κ3) is 1.16. The van der Waals surface area contributed by atoms with Gasteiger partial charge in [-0.2, -0.15) is 0 Å². The number of H-pyrrole nitrogens is 1. The van der Waals surface area contributed by atoms with E-state index in [-0.39, 0.29) is 5.69 Å². The fraction of sp³-hybridized carbons (Fsp3) is 0. The lowest BCUT2D eigenvalue weighted by molar-refractivity contribution is 0.0691. The molecule has 0 spiro atoms. The molecule has 2 heterocycles. The van der Waals surface area contributed by atoms with Crippen molar-refractivity contribution >= 4 is 27.9 Å². The number of carboxylic acids is 1. The Hall–Kier alpha value is -2.36. The fourth-order valence-corrected chi connectivity index (χ4v) is 1.85. The first-order valence-electron chi connectivity index (χ1n) is 4.86. The third-order valence-corrected chi connectivity index (χ3v) is 2.58. The number of benzene rings is 1. The number of nitrogens with zero attached hydrogens (tertiary/aromatic N) is 1. The summed E-state index contributed by atoms with van der Waals surface area (Å²) in [6.45, 7) is 0. The topological polar surface area (TPSA) is 66.0 Å². The molecule has 2 aromatic heterocycles. The van der Waals surface area contributed by atoms with E-state index in [0.29, 0.717) is 5.65 Å². The summed E-state index contributed by atoms with van der Waals surface area (Å²) in [7, 11) is 0. The lowest BCUT2D eigenvalue weighted by atomic mass is 10.2. The Bertz CT molecular complexity index is 700. The van der Waals surface area contributed by atoms with Crippen molar-refractivity contribution in [3.8, 4) is 0 Å². The Morgan fingerprint density at radius 2 is 1.94 bits per heavy atom. The van der Waals surface area contributed by atoms with Crippen LogP contribution in [0, 0.1) is 0 Å². The minimum absolute atomic E-state index is 0.0547. The number of hydrogen-bond acceptors (Lipinski definition) is 2. The Labute approximate surface area is 90.5 Å². The smallest absolute Gasteiger partial charge is 0.354 e. The van der Waals surface area contributed by atoms with E-state index in [1.165, 1.54) is 6.07 Å². The molecule has 0 amide bonds. The highest BCUT2D eigenvalue weighted by Gasteiger charge is 2.08. The number of aromatic amines is 1. The molecule has 0 aliphatic rings. The second kappa shape index (κ2) is 3.06. The minimum atomic E-state index is -1.01. The van der Waals surface area contributed by atoms with Gasteiger partial charge in [-0.3, -0.25) is 0 Å². The lowest BCUT2D eigenvalue weighted by Crippen LogP contribution is -1.99. The number of fused-ring (bicyclic) bond motifs is 3. The summed E-state index contributed by atoms with van der Waals surface area (Å²) in [5, 5.41) is 10.8. The molecule has 3 rings (SSSR count). The van der Waals surface area contributed by atoms with E-state index < -0.39 is 5.97 Å². The summed E-state index contributed by atoms with van der Waals surface area (Å²) < 4.78 is 0. The van der Waals surface area contributed by atoms with E-state index in [1.54, 1.807) is 6.07 Å². The molecule has 0 fully saturated rings. The zero-order valence-electron chi connectivity index (χ0n) is 8.27. The van der Waals surface area contributed by atoms with E-state index >= 15 is 0 Å². The zero-order chi connectivity index (χ0) is 11.1. The van der Waals surface area contributed by atoms with Gasteiger partial charge in [0.15, 0.2) is 5.69 Å². The number of rotatable bonds is 1. The summed E-state index contributed by atoms with van der Waals surface area (Å²) in [4.78, 5) is 17.9. The molecule has 4 nitrogen and oxygen atoms in total. The largest absolute Gasteiger partial charge is 0.477 e. The van der Waals surface area contributed by atoms with Crippen LogP contribution >= 0.6 is 0 Å². The van der Waals surface area contributed by atoms with Crippen LogP contribution in [0.3, 0.4) is 0 Å². The first kappa shape index (κ1) is 8.91. The summed E-state index contributed by atoms with van der Waals surface area (Å²) in [5.41, 5.74) is 1.63. The van der Waals surface area contributed by atoms with Gasteiger partial charge in [0.05, 0.1) is 0 Å². The molecule has 0 atom stereocenters. The van der Waals surface area contributed by atoms with E-state index in [2.05, 4.69) is 9.97 Å². The molecule has 0 radical (unpaired) electrons. The van der Waals surface area contributed by atoms with Crippen LogP contribution in [0.15, 0.2) is 36.4 Å². The summed E-state index contributed by atoms with van der Waals surface area (Å²) in [6.07, 6.45) is 0. The zero-order valence-corrected chi connectivity index (χ0v) is 8.27. The van der Waals surface area contributed by atoms with E-state index in [9.17, 15) is 4.79 Å². The molecule has 0 aliphatic carbocycles. The van der Waals surface area contributed by atoms with Gasteiger partial charge in [-0.05, 0) is 18.2 Å². The first-order chi connectivity index (χ1) is 7.75. The minimum Gasteiger partial charge on any atom is -0.477 e. The van der Waals surface area contributed by atoms with Crippen LogP contribution in [0.4, 0.5) is 0 Å². The van der Waals surface area contributed by atoms with Gasteiger partial charge in [-0.1, -0.05) is 18.2 Å². The quantitative estimate of drug-likeness (QED) is 0.651. The number of hydrogen-bond donors (Lipinski definition) is 2.